The average molecular weight is 252 g/mol. The van der Waals surface area contributed by atoms with E-state index < -0.39 is 0 Å². The maximum atomic E-state index is 5.63. The van der Waals surface area contributed by atoms with Crippen LogP contribution in [-0.4, -0.2) is 24.3 Å². The number of rotatable bonds is 5. The molecular weight excluding hydrogens is 236 g/mol. The van der Waals surface area contributed by atoms with Crippen LogP contribution in [0.2, 0.25) is 0 Å². The Kier molecular flexibility index (Phi) is 3.68. The van der Waals surface area contributed by atoms with Crippen molar-refractivity contribution in [2.45, 2.75) is 30.8 Å². The molecule has 2 heterocycles. The summed E-state index contributed by atoms with van der Waals surface area (Å²) < 4.78 is 3.94. The van der Waals surface area contributed by atoms with E-state index in [1.54, 1.807) is 16.3 Å². The summed E-state index contributed by atoms with van der Waals surface area (Å²) in [6.45, 7) is 3.15. The zero-order valence-corrected chi connectivity index (χ0v) is 10.8. The number of anilines is 1. The van der Waals surface area contributed by atoms with E-state index in [1.165, 1.54) is 5.69 Å². The molecular formula is C10H16N6S. The zero-order valence-electron chi connectivity index (χ0n) is 10.00. The summed E-state index contributed by atoms with van der Waals surface area (Å²) in [5, 5.41) is 8.66. The van der Waals surface area contributed by atoms with E-state index in [4.69, 9.17) is 5.73 Å². The van der Waals surface area contributed by atoms with E-state index in [0.29, 0.717) is 5.95 Å². The first-order valence-electron chi connectivity index (χ1n) is 5.49. The fourth-order valence-electron chi connectivity index (χ4n) is 1.50. The minimum Gasteiger partial charge on any atom is -0.368 e. The van der Waals surface area contributed by atoms with Crippen molar-refractivity contribution < 1.29 is 0 Å². The van der Waals surface area contributed by atoms with Crippen molar-refractivity contribution in [3.05, 3.63) is 18.2 Å². The second-order valence-corrected chi connectivity index (χ2v) is 4.71. The van der Waals surface area contributed by atoms with Crippen LogP contribution in [-0.2, 0) is 19.3 Å². The molecule has 2 rings (SSSR count). The number of aryl methyl sites for hydroxylation is 1. The molecule has 0 saturated heterocycles. The van der Waals surface area contributed by atoms with Crippen LogP contribution in [0, 0.1) is 0 Å². The van der Waals surface area contributed by atoms with Crippen LogP contribution in [0.3, 0.4) is 0 Å². The van der Waals surface area contributed by atoms with Gasteiger partial charge in [-0.3, -0.25) is 4.57 Å². The molecule has 2 aromatic heterocycles. The summed E-state index contributed by atoms with van der Waals surface area (Å²) in [5.74, 6) is 1.26. The van der Waals surface area contributed by atoms with Gasteiger partial charge in [-0.15, -0.1) is 10.2 Å². The van der Waals surface area contributed by atoms with Gasteiger partial charge in [-0.05, 0) is 6.42 Å². The van der Waals surface area contributed by atoms with Crippen molar-refractivity contribution in [2.24, 2.45) is 7.05 Å². The third kappa shape index (κ3) is 2.60. The third-order valence-electron chi connectivity index (χ3n) is 2.48. The molecule has 92 valence electrons. The maximum absolute atomic E-state index is 5.63. The van der Waals surface area contributed by atoms with Crippen LogP contribution >= 0.6 is 11.8 Å². The Bertz CT molecular complexity index is 489. The molecule has 0 bridgehead atoms. The van der Waals surface area contributed by atoms with Gasteiger partial charge in [0, 0.05) is 31.2 Å². The van der Waals surface area contributed by atoms with Crippen molar-refractivity contribution in [1.29, 1.82) is 0 Å². The molecule has 0 aromatic carbocycles. The van der Waals surface area contributed by atoms with Crippen LogP contribution in [0.25, 0.3) is 0 Å². The van der Waals surface area contributed by atoms with Crippen LogP contribution in [0.4, 0.5) is 5.95 Å². The average Bonchev–Trinajstić information content (AvgIpc) is 2.87. The molecule has 0 radical (unpaired) electrons. The Morgan fingerprint density at radius 3 is 2.88 bits per heavy atom. The molecule has 0 unspecified atom stereocenters. The first-order chi connectivity index (χ1) is 8.22. The van der Waals surface area contributed by atoms with E-state index in [0.717, 1.165) is 23.9 Å². The van der Waals surface area contributed by atoms with Crippen LogP contribution < -0.4 is 5.73 Å². The minimum atomic E-state index is 0.439. The van der Waals surface area contributed by atoms with Gasteiger partial charge in [-0.25, -0.2) is 4.98 Å². The second kappa shape index (κ2) is 5.22. The van der Waals surface area contributed by atoms with Gasteiger partial charge in [0.2, 0.25) is 5.95 Å². The fourth-order valence-corrected chi connectivity index (χ4v) is 2.40. The standard InChI is InChI=1S/C10H16N6S/c1-3-4-16-7-12-5-8(16)6-17-10-14-13-9(11)15(10)2/h5,7H,3-4,6H2,1-2H3,(H2,11,13). The highest BCUT2D eigenvalue weighted by Crippen LogP contribution is 2.21. The molecule has 0 saturated carbocycles. The number of nitrogens with two attached hydrogens (primary N) is 1. The topological polar surface area (TPSA) is 74.6 Å². The highest BCUT2D eigenvalue weighted by atomic mass is 32.2. The number of hydrogen-bond acceptors (Lipinski definition) is 5. The quantitative estimate of drug-likeness (QED) is 0.812. The van der Waals surface area contributed by atoms with E-state index in [1.807, 2.05) is 19.6 Å². The highest BCUT2D eigenvalue weighted by Gasteiger charge is 2.08. The number of nitrogen functional groups attached to an aromatic ring is 1. The lowest BCUT2D eigenvalue weighted by Gasteiger charge is -2.05. The van der Waals surface area contributed by atoms with Gasteiger partial charge in [-0.2, -0.15) is 0 Å². The zero-order chi connectivity index (χ0) is 12.3. The van der Waals surface area contributed by atoms with E-state index in [-0.39, 0.29) is 0 Å². The lowest BCUT2D eigenvalue weighted by Crippen LogP contribution is -2.01. The highest BCUT2D eigenvalue weighted by molar-refractivity contribution is 7.98. The molecule has 0 aliphatic rings. The predicted octanol–water partition coefficient (Wildman–Crippen LogP) is 1.30. The molecule has 0 atom stereocenters. The Hall–Kier alpha value is -1.50. The molecule has 2 aromatic rings. The Balaban J connectivity index is 2.02. The predicted molar refractivity (Wildman–Crippen MR) is 67.5 cm³/mol. The van der Waals surface area contributed by atoms with Gasteiger partial charge >= 0.3 is 0 Å². The summed E-state index contributed by atoms with van der Waals surface area (Å²) in [6, 6.07) is 0. The molecule has 2 N–H and O–H groups in total. The van der Waals surface area contributed by atoms with E-state index in [9.17, 15) is 0 Å². The Labute approximate surface area is 104 Å². The summed E-state index contributed by atoms with van der Waals surface area (Å²) in [5.41, 5.74) is 6.82. The number of thioether (sulfide) groups is 1. The molecule has 0 amide bonds. The lowest BCUT2D eigenvalue weighted by atomic mass is 10.4. The first-order valence-corrected chi connectivity index (χ1v) is 6.47. The van der Waals surface area contributed by atoms with Gasteiger partial charge in [0.05, 0.1) is 6.33 Å². The van der Waals surface area contributed by atoms with Gasteiger partial charge in [0.1, 0.15) is 0 Å². The normalized spacial score (nSPS) is 10.9. The van der Waals surface area contributed by atoms with Crippen molar-refractivity contribution in [1.82, 2.24) is 24.3 Å². The molecule has 6 nitrogen and oxygen atoms in total. The molecule has 0 spiro atoms. The SMILES string of the molecule is CCCn1cncc1CSc1nnc(N)n1C. The minimum absolute atomic E-state index is 0.439. The van der Waals surface area contributed by atoms with E-state index in [2.05, 4.69) is 26.7 Å². The van der Waals surface area contributed by atoms with Crippen molar-refractivity contribution in [3.63, 3.8) is 0 Å². The Morgan fingerprint density at radius 2 is 2.24 bits per heavy atom. The number of imidazole rings is 1. The van der Waals surface area contributed by atoms with Crippen molar-refractivity contribution in [3.8, 4) is 0 Å². The van der Waals surface area contributed by atoms with Gasteiger partial charge in [0.25, 0.3) is 0 Å². The van der Waals surface area contributed by atoms with Gasteiger partial charge < -0.3 is 10.3 Å². The van der Waals surface area contributed by atoms with Crippen LogP contribution in [0.5, 0.6) is 0 Å². The Morgan fingerprint density at radius 1 is 1.41 bits per heavy atom. The number of hydrogen-bond donors (Lipinski definition) is 1. The summed E-state index contributed by atoms with van der Waals surface area (Å²) >= 11 is 1.61. The largest absolute Gasteiger partial charge is 0.368 e. The third-order valence-corrected chi connectivity index (χ3v) is 3.53. The van der Waals surface area contributed by atoms with Gasteiger partial charge in [0.15, 0.2) is 5.16 Å². The maximum Gasteiger partial charge on any atom is 0.222 e. The molecule has 0 fully saturated rings. The van der Waals surface area contributed by atoms with Crippen LogP contribution in [0.1, 0.15) is 19.0 Å². The van der Waals surface area contributed by atoms with Crippen molar-refractivity contribution in [2.75, 3.05) is 5.73 Å². The first kappa shape index (κ1) is 12.0. The smallest absolute Gasteiger partial charge is 0.222 e. The summed E-state index contributed by atoms with van der Waals surface area (Å²) in [4.78, 5) is 4.16. The molecule has 0 aliphatic carbocycles. The summed E-state index contributed by atoms with van der Waals surface area (Å²) in [7, 11) is 1.86. The van der Waals surface area contributed by atoms with Crippen LogP contribution in [0.15, 0.2) is 17.7 Å². The van der Waals surface area contributed by atoms with Crippen molar-refractivity contribution >= 4 is 17.7 Å². The number of aromatic nitrogens is 5. The fraction of sp³-hybridized carbons (Fsp3) is 0.500. The lowest BCUT2D eigenvalue weighted by molar-refractivity contribution is 0.659. The second-order valence-electron chi connectivity index (χ2n) is 3.77. The number of nitrogens with zero attached hydrogens (tertiary/aromatic N) is 5. The van der Waals surface area contributed by atoms with E-state index >= 15 is 0 Å². The summed E-state index contributed by atoms with van der Waals surface area (Å²) in [6.07, 6.45) is 4.86. The van der Waals surface area contributed by atoms with Gasteiger partial charge in [-0.1, -0.05) is 18.7 Å². The monoisotopic (exact) mass is 252 g/mol. The molecule has 17 heavy (non-hydrogen) atoms. The molecule has 7 heteroatoms. The molecule has 0 aliphatic heterocycles.